The van der Waals surface area contributed by atoms with E-state index in [1.807, 2.05) is 41.6 Å². The molecule has 5 aromatic rings. The van der Waals surface area contributed by atoms with Gasteiger partial charge in [-0.25, -0.2) is 24.3 Å². The van der Waals surface area contributed by atoms with Gasteiger partial charge in [-0.15, -0.1) is 0 Å². The van der Waals surface area contributed by atoms with Gasteiger partial charge < -0.3 is 15.5 Å². The molecule has 1 aromatic carbocycles. The minimum absolute atomic E-state index is 0.0896. The van der Waals surface area contributed by atoms with Crippen LogP contribution in [0.25, 0.3) is 28.0 Å². The number of carbonyl (C=O) groups excluding carboxylic acids is 1. The van der Waals surface area contributed by atoms with Crippen LogP contribution in [0, 0.1) is 17.1 Å². The Morgan fingerprint density at radius 1 is 1.15 bits per heavy atom. The molecule has 0 unspecified atom stereocenters. The molecule has 12 heteroatoms. The fourth-order valence-electron chi connectivity index (χ4n) is 4.67. The molecule has 1 fully saturated rings. The first-order chi connectivity index (χ1) is 19.9. The molecule has 6 rings (SSSR count). The molecule has 2 N–H and O–H groups in total. The van der Waals surface area contributed by atoms with Crippen LogP contribution in [0.15, 0.2) is 55.0 Å². The number of nitrogens with one attached hydrogen (secondary N) is 2. The summed E-state index contributed by atoms with van der Waals surface area (Å²) in [7, 11) is 1.90. The summed E-state index contributed by atoms with van der Waals surface area (Å²) >= 11 is 1.27. The average Bonchev–Trinajstić information content (AvgIpc) is 3.57. The highest BCUT2D eigenvalue weighted by atomic mass is 32.1. The Morgan fingerprint density at radius 3 is 2.54 bits per heavy atom. The summed E-state index contributed by atoms with van der Waals surface area (Å²) in [4.78, 5) is 33.0. The number of imidazole rings is 1. The number of nitriles is 1. The molecule has 0 bridgehead atoms. The van der Waals surface area contributed by atoms with Crippen molar-refractivity contribution >= 4 is 33.8 Å². The largest absolute Gasteiger partial charge is 0.350 e. The number of hydrogen-bond acceptors (Lipinski definition) is 9. The van der Waals surface area contributed by atoms with Crippen LogP contribution in [0.1, 0.15) is 23.3 Å². The van der Waals surface area contributed by atoms with Crippen molar-refractivity contribution in [1.29, 1.82) is 5.26 Å². The second-order valence-electron chi connectivity index (χ2n) is 9.72. The molecular weight excluding hydrogens is 541 g/mol. The van der Waals surface area contributed by atoms with Gasteiger partial charge in [-0.05, 0) is 42.8 Å². The van der Waals surface area contributed by atoms with Crippen LogP contribution in [0.3, 0.4) is 0 Å². The van der Waals surface area contributed by atoms with Gasteiger partial charge in [0, 0.05) is 55.4 Å². The van der Waals surface area contributed by atoms with Crippen molar-refractivity contribution in [3.63, 3.8) is 0 Å². The van der Waals surface area contributed by atoms with E-state index in [1.54, 1.807) is 24.5 Å². The van der Waals surface area contributed by atoms with Gasteiger partial charge in [-0.3, -0.25) is 9.20 Å². The minimum Gasteiger partial charge on any atom is -0.350 e. The number of aryl methyl sites for hydroxylation is 1. The van der Waals surface area contributed by atoms with E-state index in [-0.39, 0.29) is 24.2 Å². The van der Waals surface area contributed by atoms with Crippen molar-refractivity contribution in [3.8, 4) is 28.5 Å². The molecule has 0 aliphatic carbocycles. The van der Waals surface area contributed by atoms with E-state index in [0.717, 1.165) is 41.4 Å². The van der Waals surface area contributed by atoms with Crippen LogP contribution in [0.2, 0.25) is 0 Å². The highest BCUT2D eigenvalue weighted by molar-refractivity contribution is 7.16. The lowest BCUT2D eigenvalue weighted by atomic mass is 10.1. The van der Waals surface area contributed by atoms with E-state index in [9.17, 15) is 14.4 Å². The lowest BCUT2D eigenvalue weighted by molar-refractivity contribution is -0.121. The Labute approximate surface area is 239 Å². The number of benzene rings is 1. The lowest BCUT2D eigenvalue weighted by Crippen LogP contribution is -2.57. The normalized spacial score (nSPS) is 13.1. The van der Waals surface area contributed by atoms with Gasteiger partial charge in [-0.2, -0.15) is 5.26 Å². The lowest BCUT2D eigenvalue weighted by Gasteiger charge is -2.27. The fraction of sp³-hybridized carbons (Fsp3) is 0.241. The van der Waals surface area contributed by atoms with E-state index in [4.69, 9.17) is 9.97 Å². The molecule has 0 radical (unpaired) electrons. The standard InChI is InChI=1S/C29H26FN9OS/c1-3-22-28(38(2)29-37-27(23(11-31)41-29)17-4-7-20(30)8-5-17)39-16-18(6-9-25(39)36-22)19-12-33-24(34-13-19)10-26(40)35-21-14-32-15-21/h4-9,12-13,16,21,32H,3,10,14-15H2,1-2H3,(H,35,40). The second-order valence-corrected chi connectivity index (χ2v) is 10.7. The highest BCUT2D eigenvalue weighted by Gasteiger charge is 2.23. The molecule has 4 aromatic heterocycles. The topological polar surface area (TPSA) is 124 Å². The SMILES string of the molecule is CCc1nc2ccc(-c3cnc(CC(=O)NC4CNC4)nc3)cn2c1N(C)c1nc(-c2ccc(F)cc2)c(C#N)s1. The average molecular weight is 568 g/mol. The van der Waals surface area contributed by atoms with Gasteiger partial charge in [0.05, 0.1) is 18.2 Å². The maximum Gasteiger partial charge on any atom is 0.227 e. The second kappa shape index (κ2) is 11.0. The van der Waals surface area contributed by atoms with Crippen molar-refractivity contribution in [3.05, 3.63) is 77.2 Å². The summed E-state index contributed by atoms with van der Waals surface area (Å²) in [5.74, 6) is 0.854. The number of aromatic nitrogens is 5. The Kier molecular flexibility index (Phi) is 7.13. The number of thiazole rings is 1. The third-order valence-corrected chi connectivity index (χ3v) is 7.98. The van der Waals surface area contributed by atoms with Gasteiger partial charge in [0.25, 0.3) is 0 Å². The minimum atomic E-state index is -0.346. The predicted octanol–water partition coefficient (Wildman–Crippen LogP) is 3.89. The van der Waals surface area contributed by atoms with Gasteiger partial charge in [0.1, 0.15) is 39.7 Å². The molecule has 0 atom stereocenters. The van der Waals surface area contributed by atoms with Gasteiger partial charge >= 0.3 is 0 Å². The van der Waals surface area contributed by atoms with Crippen molar-refractivity contribution in [2.24, 2.45) is 0 Å². The van der Waals surface area contributed by atoms with Crippen LogP contribution < -0.4 is 15.5 Å². The third-order valence-electron chi connectivity index (χ3n) is 6.94. The zero-order valence-corrected chi connectivity index (χ0v) is 23.2. The zero-order chi connectivity index (χ0) is 28.5. The zero-order valence-electron chi connectivity index (χ0n) is 22.4. The van der Waals surface area contributed by atoms with Gasteiger partial charge in [0.15, 0.2) is 5.13 Å². The highest BCUT2D eigenvalue weighted by Crippen LogP contribution is 2.37. The summed E-state index contributed by atoms with van der Waals surface area (Å²) in [5.41, 5.74) is 4.52. The maximum atomic E-state index is 13.5. The quantitative estimate of drug-likeness (QED) is 0.290. The van der Waals surface area contributed by atoms with Crippen LogP contribution in [0.5, 0.6) is 0 Å². The Morgan fingerprint density at radius 2 is 1.88 bits per heavy atom. The molecule has 1 saturated heterocycles. The summed E-state index contributed by atoms with van der Waals surface area (Å²) < 4.78 is 15.5. The first-order valence-electron chi connectivity index (χ1n) is 13.2. The monoisotopic (exact) mass is 567 g/mol. The summed E-state index contributed by atoms with van der Waals surface area (Å²) in [6, 6.07) is 12.3. The van der Waals surface area contributed by atoms with Crippen molar-refractivity contribution in [1.82, 2.24) is 35.0 Å². The Bertz CT molecular complexity index is 1770. The molecule has 1 amide bonds. The van der Waals surface area contributed by atoms with Crippen molar-refractivity contribution in [2.75, 3.05) is 25.0 Å². The number of nitrogens with zero attached hydrogens (tertiary/aromatic N) is 7. The van der Waals surface area contributed by atoms with Crippen molar-refractivity contribution in [2.45, 2.75) is 25.8 Å². The number of hydrogen-bond donors (Lipinski definition) is 2. The van der Waals surface area contributed by atoms with Gasteiger partial charge in [-0.1, -0.05) is 18.3 Å². The fourth-order valence-corrected chi connectivity index (χ4v) is 5.52. The molecular formula is C29H26FN9OS. The smallest absolute Gasteiger partial charge is 0.227 e. The molecule has 1 aliphatic rings. The molecule has 10 nitrogen and oxygen atoms in total. The Balaban J connectivity index is 1.31. The number of amides is 1. The first-order valence-corrected chi connectivity index (χ1v) is 14.0. The number of halogens is 1. The van der Waals surface area contributed by atoms with E-state index in [1.165, 1.54) is 23.5 Å². The van der Waals surface area contributed by atoms with E-state index < -0.39 is 0 Å². The maximum absolute atomic E-state index is 13.5. The van der Waals surface area contributed by atoms with Crippen LogP contribution in [-0.2, 0) is 17.6 Å². The number of pyridine rings is 1. The first kappa shape index (κ1) is 26.5. The molecule has 41 heavy (non-hydrogen) atoms. The molecule has 0 spiro atoms. The number of anilines is 2. The predicted molar refractivity (Wildman–Crippen MR) is 154 cm³/mol. The molecule has 206 valence electrons. The molecule has 0 saturated carbocycles. The number of carbonyl (C=O) groups is 1. The van der Waals surface area contributed by atoms with Crippen molar-refractivity contribution < 1.29 is 9.18 Å². The van der Waals surface area contributed by atoms with E-state index >= 15 is 0 Å². The number of fused-ring (bicyclic) bond motifs is 1. The summed E-state index contributed by atoms with van der Waals surface area (Å²) in [6.07, 6.45) is 6.23. The Hall–Kier alpha value is -4.73. The molecule has 1 aliphatic heterocycles. The van der Waals surface area contributed by atoms with Crippen LogP contribution >= 0.6 is 11.3 Å². The number of rotatable bonds is 8. The van der Waals surface area contributed by atoms with E-state index in [0.29, 0.717) is 33.5 Å². The van der Waals surface area contributed by atoms with Gasteiger partial charge in [0.2, 0.25) is 5.91 Å². The van der Waals surface area contributed by atoms with E-state index in [2.05, 4.69) is 26.7 Å². The third kappa shape index (κ3) is 5.25. The summed E-state index contributed by atoms with van der Waals surface area (Å²) in [6.45, 7) is 3.62. The molecule has 5 heterocycles. The van der Waals surface area contributed by atoms with Crippen LogP contribution in [-0.4, -0.2) is 56.4 Å². The summed E-state index contributed by atoms with van der Waals surface area (Å²) in [5, 5.41) is 16.5. The van der Waals surface area contributed by atoms with Crippen LogP contribution in [0.4, 0.5) is 15.3 Å².